The Kier molecular flexibility index (Phi) is 5.45. The number of hydrogen-bond acceptors (Lipinski definition) is 3. The lowest BCUT2D eigenvalue weighted by Gasteiger charge is -2.05. The number of furan rings is 1. The number of hydrogen-bond donors (Lipinski definition) is 1. The molecule has 0 aliphatic rings. The van der Waals surface area contributed by atoms with Crippen LogP contribution in [0.1, 0.15) is 11.1 Å². The standard InChI is InChI=1S/C14H16BrNO2/c15-14-3-1-2-12(8-14)10-18-7-5-16-9-13-4-6-17-11-13/h1-4,6,8,11,16H,5,7,9-10H2. The Hall–Kier alpha value is -1.10. The molecule has 2 rings (SSSR count). The number of benzene rings is 1. The van der Waals surface area contributed by atoms with Crippen molar-refractivity contribution in [3.63, 3.8) is 0 Å². The van der Waals surface area contributed by atoms with Crippen molar-refractivity contribution in [2.45, 2.75) is 13.2 Å². The van der Waals surface area contributed by atoms with Gasteiger partial charge in [0.1, 0.15) is 0 Å². The second-order valence-corrected chi connectivity index (χ2v) is 4.91. The molecule has 0 bridgehead atoms. The van der Waals surface area contributed by atoms with Crippen LogP contribution in [0.25, 0.3) is 0 Å². The Bertz CT molecular complexity index is 457. The zero-order chi connectivity index (χ0) is 12.6. The van der Waals surface area contributed by atoms with Crippen molar-refractivity contribution < 1.29 is 9.15 Å². The summed E-state index contributed by atoms with van der Waals surface area (Å²) in [6, 6.07) is 10.1. The molecule has 0 radical (unpaired) electrons. The first kappa shape index (κ1) is 13.3. The van der Waals surface area contributed by atoms with Gasteiger partial charge in [0.05, 0.1) is 25.7 Å². The molecule has 96 valence electrons. The molecular formula is C14H16BrNO2. The quantitative estimate of drug-likeness (QED) is 0.797. The minimum Gasteiger partial charge on any atom is -0.472 e. The van der Waals surface area contributed by atoms with Gasteiger partial charge in [-0.2, -0.15) is 0 Å². The van der Waals surface area contributed by atoms with Gasteiger partial charge in [0.25, 0.3) is 0 Å². The molecular weight excluding hydrogens is 294 g/mol. The fourth-order valence-electron chi connectivity index (χ4n) is 1.59. The summed E-state index contributed by atoms with van der Waals surface area (Å²) in [4.78, 5) is 0. The zero-order valence-corrected chi connectivity index (χ0v) is 11.7. The molecule has 0 unspecified atom stereocenters. The van der Waals surface area contributed by atoms with Crippen molar-refractivity contribution >= 4 is 15.9 Å². The molecule has 0 atom stereocenters. The maximum Gasteiger partial charge on any atom is 0.0947 e. The van der Waals surface area contributed by atoms with E-state index in [0.29, 0.717) is 13.2 Å². The molecule has 0 fully saturated rings. The lowest BCUT2D eigenvalue weighted by atomic mass is 10.2. The van der Waals surface area contributed by atoms with Gasteiger partial charge in [0.15, 0.2) is 0 Å². The van der Waals surface area contributed by atoms with Crippen LogP contribution in [0.15, 0.2) is 51.7 Å². The Morgan fingerprint density at radius 2 is 2.17 bits per heavy atom. The van der Waals surface area contributed by atoms with Crippen molar-refractivity contribution in [2.75, 3.05) is 13.2 Å². The summed E-state index contributed by atoms with van der Waals surface area (Å²) < 4.78 is 11.7. The smallest absolute Gasteiger partial charge is 0.0947 e. The van der Waals surface area contributed by atoms with Gasteiger partial charge in [0, 0.05) is 23.1 Å². The van der Waals surface area contributed by atoms with Crippen molar-refractivity contribution in [1.82, 2.24) is 5.32 Å². The molecule has 3 nitrogen and oxygen atoms in total. The van der Waals surface area contributed by atoms with Gasteiger partial charge in [-0.25, -0.2) is 0 Å². The number of nitrogens with one attached hydrogen (secondary N) is 1. The summed E-state index contributed by atoms with van der Waals surface area (Å²) in [6.45, 7) is 2.99. The van der Waals surface area contributed by atoms with Crippen molar-refractivity contribution in [1.29, 1.82) is 0 Å². The third-order valence-corrected chi connectivity index (χ3v) is 2.98. The van der Waals surface area contributed by atoms with E-state index in [1.54, 1.807) is 12.5 Å². The maximum absolute atomic E-state index is 5.59. The third kappa shape index (κ3) is 4.64. The molecule has 1 heterocycles. The van der Waals surface area contributed by atoms with Crippen LogP contribution >= 0.6 is 15.9 Å². The van der Waals surface area contributed by atoms with Gasteiger partial charge in [-0.1, -0.05) is 28.1 Å². The van der Waals surface area contributed by atoms with Gasteiger partial charge in [0.2, 0.25) is 0 Å². The van der Waals surface area contributed by atoms with Gasteiger partial charge >= 0.3 is 0 Å². The average molecular weight is 310 g/mol. The Balaban J connectivity index is 1.56. The first-order valence-electron chi connectivity index (χ1n) is 5.88. The summed E-state index contributed by atoms with van der Waals surface area (Å²) in [5, 5.41) is 3.29. The minimum absolute atomic E-state index is 0.646. The van der Waals surface area contributed by atoms with E-state index in [1.165, 1.54) is 5.56 Å². The van der Waals surface area contributed by atoms with Crippen molar-refractivity contribution in [3.05, 3.63) is 58.5 Å². The molecule has 18 heavy (non-hydrogen) atoms. The average Bonchev–Trinajstić information content (AvgIpc) is 2.87. The second kappa shape index (κ2) is 7.36. The topological polar surface area (TPSA) is 34.4 Å². The van der Waals surface area contributed by atoms with E-state index in [9.17, 15) is 0 Å². The van der Waals surface area contributed by atoms with Crippen LogP contribution in [0.4, 0.5) is 0 Å². The number of rotatable bonds is 7. The summed E-state index contributed by atoms with van der Waals surface area (Å²) >= 11 is 3.44. The van der Waals surface area contributed by atoms with E-state index in [1.807, 2.05) is 18.2 Å². The second-order valence-electron chi connectivity index (χ2n) is 3.99. The molecule has 0 saturated carbocycles. The van der Waals surface area contributed by atoms with Gasteiger partial charge in [-0.3, -0.25) is 0 Å². The number of ether oxygens (including phenoxy) is 1. The van der Waals surface area contributed by atoms with E-state index in [2.05, 4.69) is 33.4 Å². The predicted molar refractivity (Wildman–Crippen MR) is 74.2 cm³/mol. The van der Waals surface area contributed by atoms with Crippen LogP contribution in [0.5, 0.6) is 0 Å². The SMILES string of the molecule is Brc1cccc(COCCNCc2ccoc2)c1. The van der Waals surface area contributed by atoms with Crippen LogP contribution in [0, 0.1) is 0 Å². The maximum atomic E-state index is 5.59. The van der Waals surface area contributed by atoms with Crippen LogP contribution in [-0.2, 0) is 17.9 Å². The molecule has 2 aromatic rings. The van der Waals surface area contributed by atoms with Crippen LogP contribution in [0.3, 0.4) is 0 Å². The van der Waals surface area contributed by atoms with Crippen LogP contribution < -0.4 is 5.32 Å². The fourth-order valence-corrected chi connectivity index (χ4v) is 2.03. The highest BCUT2D eigenvalue weighted by Crippen LogP contribution is 2.12. The fraction of sp³-hybridized carbons (Fsp3) is 0.286. The largest absolute Gasteiger partial charge is 0.472 e. The predicted octanol–water partition coefficient (Wildman–Crippen LogP) is 3.35. The van der Waals surface area contributed by atoms with Gasteiger partial charge in [-0.05, 0) is 23.8 Å². The highest BCUT2D eigenvalue weighted by molar-refractivity contribution is 9.10. The summed E-state index contributed by atoms with van der Waals surface area (Å²) in [7, 11) is 0. The molecule has 1 aromatic carbocycles. The molecule has 0 spiro atoms. The molecule has 0 aliphatic heterocycles. The van der Waals surface area contributed by atoms with E-state index >= 15 is 0 Å². The molecule has 0 amide bonds. The van der Waals surface area contributed by atoms with Gasteiger partial charge in [-0.15, -0.1) is 0 Å². The molecule has 0 saturated heterocycles. The number of halogens is 1. The normalized spacial score (nSPS) is 10.7. The molecule has 0 aliphatic carbocycles. The first-order valence-corrected chi connectivity index (χ1v) is 6.68. The molecule has 4 heteroatoms. The first-order chi connectivity index (χ1) is 8.84. The zero-order valence-electron chi connectivity index (χ0n) is 10.1. The third-order valence-electron chi connectivity index (χ3n) is 2.49. The molecule has 1 aromatic heterocycles. The highest BCUT2D eigenvalue weighted by atomic mass is 79.9. The van der Waals surface area contributed by atoms with Crippen molar-refractivity contribution in [2.24, 2.45) is 0 Å². The summed E-state index contributed by atoms with van der Waals surface area (Å²) in [6.07, 6.45) is 3.43. The van der Waals surface area contributed by atoms with Crippen molar-refractivity contribution in [3.8, 4) is 0 Å². The van der Waals surface area contributed by atoms with E-state index in [4.69, 9.17) is 9.15 Å². The van der Waals surface area contributed by atoms with Crippen LogP contribution in [-0.4, -0.2) is 13.2 Å². The Morgan fingerprint density at radius 3 is 2.94 bits per heavy atom. The summed E-state index contributed by atoms with van der Waals surface area (Å²) in [5.74, 6) is 0. The van der Waals surface area contributed by atoms with E-state index in [-0.39, 0.29) is 0 Å². The monoisotopic (exact) mass is 309 g/mol. The lowest BCUT2D eigenvalue weighted by molar-refractivity contribution is 0.122. The Morgan fingerprint density at radius 1 is 1.22 bits per heavy atom. The van der Waals surface area contributed by atoms with Gasteiger partial charge < -0.3 is 14.5 Å². The van der Waals surface area contributed by atoms with Crippen LogP contribution in [0.2, 0.25) is 0 Å². The summed E-state index contributed by atoms with van der Waals surface area (Å²) in [5.41, 5.74) is 2.33. The molecule has 1 N–H and O–H groups in total. The minimum atomic E-state index is 0.646. The Labute approximate surface area is 115 Å². The van der Waals surface area contributed by atoms with E-state index < -0.39 is 0 Å². The van der Waals surface area contributed by atoms with E-state index in [0.717, 1.165) is 23.1 Å². The highest BCUT2D eigenvalue weighted by Gasteiger charge is 1.95. The lowest BCUT2D eigenvalue weighted by Crippen LogP contribution is -2.18.